The maximum absolute atomic E-state index is 6.38. The predicted molar refractivity (Wildman–Crippen MR) is 84.2 cm³/mol. The summed E-state index contributed by atoms with van der Waals surface area (Å²) in [7, 11) is 1.71. The van der Waals surface area contributed by atoms with Crippen LogP contribution < -0.4 is 5.32 Å². The van der Waals surface area contributed by atoms with Gasteiger partial charge in [0.25, 0.3) is 0 Å². The van der Waals surface area contributed by atoms with Crippen LogP contribution in [0.5, 0.6) is 0 Å². The predicted octanol–water partition coefficient (Wildman–Crippen LogP) is 3.66. The van der Waals surface area contributed by atoms with Crippen LogP contribution in [0.4, 0.5) is 0 Å². The Kier molecular flexibility index (Phi) is 8.19. The number of methoxy groups -OCH3 is 1. The van der Waals surface area contributed by atoms with Gasteiger partial charge in [0, 0.05) is 7.11 Å². The van der Waals surface area contributed by atoms with Crippen LogP contribution >= 0.6 is 11.6 Å². The van der Waals surface area contributed by atoms with Gasteiger partial charge in [0.05, 0.1) is 36.1 Å². The van der Waals surface area contributed by atoms with Crippen LogP contribution in [-0.4, -0.2) is 30.0 Å². The molecule has 1 N–H and O–H groups in total. The zero-order valence-electron chi connectivity index (χ0n) is 13.2. The number of hydrogen-bond acceptors (Lipinski definition) is 3. The minimum atomic E-state index is 0.252. The summed E-state index contributed by atoms with van der Waals surface area (Å²) < 4.78 is 7.13. The van der Waals surface area contributed by atoms with Crippen LogP contribution in [0, 0.1) is 5.92 Å². The van der Waals surface area contributed by atoms with Gasteiger partial charge >= 0.3 is 0 Å². The van der Waals surface area contributed by atoms with Crippen LogP contribution in [0.1, 0.15) is 51.8 Å². The summed E-state index contributed by atoms with van der Waals surface area (Å²) in [6.07, 6.45) is 5.20. The van der Waals surface area contributed by atoms with E-state index in [9.17, 15) is 0 Å². The highest BCUT2D eigenvalue weighted by Gasteiger charge is 2.24. The summed E-state index contributed by atoms with van der Waals surface area (Å²) in [4.78, 5) is 0. The lowest BCUT2D eigenvalue weighted by Gasteiger charge is -2.26. The van der Waals surface area contributed by atoms with Crippen molar-refractivity contribution < 1.29 is 4.74 Å². The summed E-state index contributed by atoms with van der Waals surface area (Å²) in [5, 5.41) is 8.77. The molecule has 4 nitrogen and oxygen atoms in total. The molecule has 1 rings (SSSR count). The fourth-order valence-electron chi connectivity index (χ4n) is 2.53. The molecule has 116 valence electrons. The summed E-state index contributed by atoms with van der Waals surface area (Å²) in [6.45, 7) is 9.05. The van der Waals surface area contributed by atoms with E-state index in [2.05, 4.69) is 31.2 Å². The van der Waals surface area contributed by atoms with Crippen molar-refractivity contribution in [1.29, 1.82) is 0 Å². The van der Waals surface area contributed by atoms with Crippen LogP contribution in [0.25, 0.3) is 0 Å². The van der Waals surface area contributed by atoms with Crippen LogP contribution in [0.2, 0.25) is 5.02 Å². The fourth-order valence-corrected chi connectivity index (χ4v) is 2.79. The monoisotopic (exact) mass is 301 g/mol. The molecule has 0 aromatic carbocycles. The number of nitrogens with zero attached hydrogens (tertiary/aromatic N) is 2. The first kappa shape index (κ1) is 17.5. The molecular weight excluding hydrogens is 274 g/mol. The quantitative estimate of drug-likeness (QED) is 0.717. The van der Waals surface area contributed by atoms with Crippen molar-refractivity contribution in [3.05, 3.63) is 16.9 Å². The summed E-state index contributed by atoms with van der Waals surface area (Å²) in [6, 6.07) is 0.252. The lowest BCUT2D eigenvalue weighted by Crippen LogP contribution is -2.30. The van der Waals surface area contributed by atoms with Crippen molar-refractivity contribution in [3.63, 3.8) is 0 Å². The second-order valence-corrected chi connectivity index (χ2v) is 5.70. The molecule has 0 aliphatic rings. The van der Waals surface area contributed by atoms with Crippen molar-refractivity contribution >= 4 is 11.6 Å². The van der Waals surface area contributed by atoms with Crippen molar-refractivity contribution in [2.24, 2.45) is 5.92 Å². The number of halogens is 1. The molecule has 0 aliphatic heterocycles. The Morgan fingerprint density at radius 3 is 2.75 bits per heavy atom. The van der Waals surface area contributed by atoms with Crippen LogP contribution in [-0.2, 0) is 11.3 Å². The Morgan fingerprint density at radius 1 is 1.40 bits per heavy atom. The Labute approximate surface area is 127 Å². The standard InChI is InChI=1S/C15H28ClN3O/c1-5-7-12(3)14(17-8-6-2)15-13(16)11-18-19(15)9-10-20-4/h11-12,14,17H,5-10H2,1-4H3. The van der Waals surface area contributed by atoms with Gasteiger partial charge in [0.15, 0.2) is 0 Å². The molecule has 1 aromatic rings. The number of nitrogens with one attached hydrogen (secondary N) is 1. The first-order valence-electron chi connectivity index (χ1n) is 7.59. The summed E-state index contributed by atoms with van der Waals surface area (Å²) in [5.74, 6) is 0.530. The molecule has 1 heterocycles. The average molecular weight is 302 g/mol. The zero-order valence-corrected chi connectivity index (χ0v) is 13.9. The molecule has 0 amide bonds. The smallest absolute Gasteiger partial charge is 0.0834 e. The van der Waals surface area contributed by atoms with Gasteiger partial charge in [-0.05, 0) is 25.3 Å². The van der Waals surface area contributed by atoms with E-state index in [1.165, 1.54) is 12.8 Å². The number of ether oxygens (including phenoxy) is 1. The average Bonchev–Trinajstić information content (AvgIpc) is 2.79. The SMILES string of the molecule is CCCNC(c1c(Cl)cnn1CCOC)C(C)CCC. The minimum Gasteiger partial charge on any atom is -0.383 e. The topological polar surface area (TPSA) is 39.1 Å². The highest BCUT2D eigenvalue weighted by atomic mass is 35.5. The molecule has 0 aliphatic carbocycles. The van der Waals surface area contributed by atoms with Gasteiger partial charge in [-0.3, -0.25) is 4.68 Å². The lowest BCUT2D eigenvalue weighted by atomic mass is 9.94. The number of rotatable bonds is 10. The summed E-state index contributed by atoms with van der Waals surface area (Å²) in [5.41, 5.74) is 1.10. The van der Waals surface area contributed by atoms with Gasteiger partial charge in [-0.1, -0.05) is 38.8 Å². The highest BCUT2D eigenvalue weighted by Crippen LogP contribution is 2.30. The van der Waals surface area contributed by atoms with Crippen molar-refractivity contribution in [1.82, 2.24) is 15.1 Å². The highest BCUT2D eigenvalue weighted by molar-refractivity contribution is 6.31. The molecular formula is C15H28ClN3O. The zero-order chi connectivity index (χ0) is 15.0. The number of aromatic nitrogens is 2. The normalized spacial score (nSPS) is 14.4. The molecule has 5 heteroatoms. The van der Waals surface area contributed by atoms with Crippen molar-refractivity contribution in [2.45, 2.75) is 52.6 Å². The van der Waals surface area contributed by atoms with Gasteiger partial charge in [0.1, 0.15) is 0 Å². The molecule has 20 heavy (non-hydrogen) atoms. The largest absolute Gasteiger partial charge is 0.383 e. The molecule has 2 atom stereocenters. The molecule has 0 saturated carbocycles. The van der Waals surface area contributed by atoms with Gasteiger partial charge < -0.3 is 10.1 Å². The van der Waals surface area contributed by atoms with Crippen molar-refractivity contribution in [3.8, 4) is 0 Å². The minimum absolute atomic E-state index is 0.252. The Bertz CT molecular complexity index is 381. The lowest BCUT2D eigenvalue weighted by molar-refractivity contribution is 0.180. The van der Waals surface area contributed by atoms with E-state index in [0.717, 1.165) is 30.2 Å². The van der Waals surface area contributed by atoms with E-state index in [0.29, 0.717) is 12.5 Å². The molecule has 0 radical (unpaired) electrons. The third kappa shape index (κ3) is 4.76. The third-order valence-electron chi connectivity index (χ3n) is 3.56. The number of hydrogen-bond donors (Lipinski definition) is 1. The van der Waals surface area contributed by atoms with E-state index >= 15 is 0 Å². The maximum atomic E-state index is 6.38. The van der Waals surface area contributed by atoms with Gasteiger partial charge in [0.2, 0.25) is 0 Å². The second kappa shape index (κ2) is 9.37. The summed E-state index contributed by atoms with van der Waals surface area (Å²) >= 11 is 6.38. The molecule has 0 saturated heterocycles. The fraction of sp³-hybridized carbons (Fsp3) is 0.800. The van der Waals surface area contributed by atoms with Crippen LogP contribution in [0.15, 0.2) is 6.20 Å². The second-order valence-electron chi connectivity index (χ2n) is 5.29. The van der Waals surface area contributed by atoms with Crippen LogP contribution in [0.3, 0.4) is 0 Å². The van der Waals surface area contributed by atoms with E-state index in [1.807, 2.05) is 4.68 Å². The molecule has 0 spiro atoms. The first-order chi connectivity index (χ1) is 9.65. The maximum Gasteiger partial charge on any atom is 0.0834 e. The Morgan fingerprint density at radius 2 is 2.15 bits per heavy atom. The molecule has 2 unspecified atom stereocenters. The van der Waals surface area contributed by atoms with E-state index in [-0.39, 0.29) is 6.04 Å². The Hall–Kier alpha value is -0.580. The van der Waals surface area contributed by atoms with Gasteiger partial charge in [-0.2, -0.15) is 5.10 Å². The van der Waals surface area contributed by atoms with Crippen molar-refractivity contribution in [2.75, 3.05) is 20.3 Å². The van der Waals surface area contributed by atoms with E-state index in [4.69, 9.17) is 16.3 Å². The first-order valence-corrected chi connectivity index (χ1v) is 7.96. The van der Waals surface area contributed by atoms with E-state index in [1.54, 1.807) is 13.3 Å². The molecule has 0 bridgehead atoms. The van der Waals surface area contributed by atoms with Gasteiger partial charge in [-0.15, -0.1) is 0 Å². The molecule has 1 aromatic heterocycles. The van der Waals surface area contributed by atoms with Gasteiger partial charge in [-0.25, -0.2) is 0 Å². The third-order valence-corrected chi connectivity index (χ3v) is 3.85. The van der Waals surface area contributed by atoms with E-state index < -0.39 is 0 Å². The Balaban J connectivity index is 2.95. The molecule has 0 fully saturated rings.